The molecule has 2 fully saturated rings. The van der Waals surface area contributed by atoms with Crippen LogP contribution in [-0.2, 0) is 56.3 Å². The lowest BCUT2D eigenvalue weighted by molar-refractivity contribution is -0.149. The van der Waals surface area contributed by atoms with Gasteiger partial charge in [-0.1, -0.05) is 60.7 Å². The van der Waals surface area contributed by atoms with Crippen molar-refractivity contribution in [1.82, 2.24) is 19.5 Å². The molecule has 9 atom stereocenters. The Balaban J connectivity index is 1.01. The molecule has 0 radical (unpaired) electrons. The first-order valence-corrected chi connectivity index (χ1v) is 21.2. The molecular formula is C28H29N5O16P4. The van der Waals surface area contributed by atoms with Gasteiger partial charge in [-0.15, -0.1) is 0 Å². The van der Waals surface area contributed by atoms with Gasteiger partial charge in [0, 0.05) is 6.42 Å². The molecule has 6 N–H and O–H groups in total. The van der Waals surface area contributed by atoms with Crippen LogP contribution < -0.4 is 10.3 Å². The summed E-state index contributed by atoms with van der Waals surface area (Å²) in [6.07, 6.45) is -1.89. The zero-order valence-corrected chi connectivity index (χ0v) is 30.3. The molecule has 0 amide bonds. The van der Waals surface area contributed by atoms with Crippen LogP contribution in [0.5, 0.6) is 5.75 Å². The van der Waals surface area contributed by atoms with Crippen molar-refractivity contribution in [3.8, 4) is 5.75 Å². The molecule has 0 bridgehead atoms. The Hall–Kier alpha value is -3.45. The summed E-state index contributed by atoms with van der Waals surface area (Å²) in [4.78, 5) is 52.8. The zero-order valence-electron chi connectivity index (χ0n) is 26.7. The number of nitrogens with two attached hydrogens (primary N) is 1. The fourth-order valence-corrected chi connectivity index (χ4v) is 10.6. The molecule has 3 aromatic carbocycles. The fraction of sp³-hybridized carbons (Fsp3) is 0.250. The van der Waals surface area contributed by atoms with E-state index in [-0.39, 0.29) is 22.7 Å². The topological polar surface area (TPSA) is 293 Å². The third-order valence-electron chi connectivity index (χ3n) is 7.77. The zero-order chi connectivity index (χ0) is 37.6. The Morgan fingerprint density at radius 2 is 1.40 bits per heavy atom. The number of imidazole rings is 1. The van der Waals surface area contributed by atoms with E-state index in [9.17, 15) is 37.8 Å². The van der Waals surface area contributed by atoms with Crippen molar-refractivity contribution in [1.29, 1.82) is 0 Å². The predicted octanol–water partition coefficient (Wildman–Crippen LogP) is 4.36. The van der Waals surface area contributed by atoms with Crippen molar-refractivity contribution < 1.29 is 74.0 Å². The largest absolute Gasteiger partial charge is 0.536 e. The molecule has 5 aromatic rings. The summed E-state index contributed by atoms with van der Waals surface area (Å²) in [5.41, 5.74) is 7.35. The van der Waals surface area contributed by atoms with Gasteiger partial charge in [0.15, 0.2) is 24.0 Å². The van der Waals surface area contributed by atoms with Crippen molar-refractivity contribution in [3.63, 3.8) is 0 Å². The number of phosphoric ester groups is 2. The first kappa shape index (κ1) is 37.8. The number of hydrogen-bond donors (Lipinski definition) is 5. The van der Waals surface area contributed by atoms with E-state index in [1.165, 1.54) is 35.4 Å². The maximum absolute atomic E-state index is 12.8. The lowest BCUT2D eigenvalue weighted by Crippen LogP contribution is -2.31. The molecule has 53 heavy (non-hydrogen) atoms. The highest BCUT2D eigenvalue weighted by atomic mass is 31.3. The standard InChI is InChI=1S/C28H29N5O16P4/c29-26-23-27(31-15-30-26)33(16-32-23)28-25-24(44-22(45-25)12-17-6-2-1-3-7-17)21(43-28)14-42-50(34,35)47-52(38,39)49-53(40,41)48-51(36,37)46-20-11-10-18-8-4-5-9-19(18)13-20/h1-11,13,15-16,21-22,24-25,28H,12,14H2,(H,34,35)(H,36,37)(H,38,39)(H,40,41)(H2,29,30,31). The van der Waals surface area contributed by atoms with Crippen molar-refractivity contribution in [3.05, 3.63) is 91.0 Å². The van der Waals surface area contributed by atoms with Gasteiger partial charge < -0.3 is 39.1 Å². The second-order valence-corrected chi connectivity index (χ2v) is 17.6. The lowest BCUT2D eigenvalue weighted by atomic mass is 10.1. The van der Waals surface area contributed by atoms with Gasteiger partial charge >= 0.3 is 31.3 Å². The van der Waals surface area contributed by atoms with Crippen LogP contribution in [0.3, 0.4) is 0 Å². The minimum absolute atomic E-state index is 0.0971. The minimum atomic E-state index is -6.05. The number of rotatable bonds is 14. The van der Waals surface area contributed by atoms with E-state index in [0.717, 1.165) is 10.9 Å². The normalized spacial score (nSPS) is 26.0. The summed E-state index contributed by atoms with van der Waals surface area (Å²) in [6.45, 7) is -0.824. The van der Waals surface area contributed by atoms with Crippen molar-refractivity contribution in [2.75, 3.05) is 12.3 Å². The van der Waals surface area contributed by atoms with Gasteiger partial charge in [-0.05, 0) is 28.5 Å². The maximum Gasteiger partial charge on any atom is 0.536 e. The average molecular weight is 815 g/mol. The van der Waals surface area contributed by atoms with Gasteiger partial charge in [0.1, 0.15) is 35.9 Å². The summed E-state index contributed by atoms with van der Waals surface area (Å²) in [6, 6.07) is 20.2. The maximum atomic E-state index is 12.8. The first-order valence-electron chi connectivity index (χ1n) is 15.3. The third kappa shape index (κ3) is 8.93. The van der Waals surface area contributed by atoms with E-state index in [1.54, 1.807) is 24.3 Å². The van der Waals surface area contributed by atoms with Gasteiger partial charge in [-0.25, -0.2) is 33.2 Å². The Kier molecular flexibility index (Phi) is 10.5. The highest BCUT2D eigenvalue weighted by Gasteiger charge is 2.55. The Bertz CT molecular complexity index is 2330. The van der Waals surface area contributed by atoms with E-state index < -0.39 is 68.7 Å². The summed E-state index contributed by atoms with van der Waals surface area (Å²) in [7, 11) is -23.2. The molecule has 2 saturated heterocycles. The summed E-state index contributed by atoms with van der Waals surface area (Å²) in [5.74, 6) is -0.175. The van der Waals surface area contributed by atoms with Gasteiger partial charge in [-0.2, -0.15) is 12.9 Å². The van der Waals surface area contributed by atoms with Crippen LogP contribution in [0.4, 0.5) is 5.82 Å². The first-order chi connectivity index (χ1) is 25.1. The molecule has 0 spiro atoms. The van der Waals surface area contributed by atoms with Crippen LogP contribution in [0.2, 0.25) is 0 Å². The summed E-state index contributed by atoms with van der Waals surface area (Å²) in [5, 5.41) is 1.31. The lowest BCUT2D eigenvalue weighted by Gasteiger charge is -2.22. The van der Waals surface area contributed by atoms with E-state index in [4.69, 9.17) is 29.0 Å². The molecule has 7 rings (SSSR count). The number of anilines is 1. The molecule has 2 aliphatic rings. The second kappa shape index (κ2) is 14.7. The molecular weight excluding hydrogens is 786 g/mol. The van der Waals surface area contributed by atoms with Crippen LogP contribution in [0, 0.1) is 0 Å². The monoisotopic (exact) mass is 815 g/mol. The van der Waals surface area contributed by atoms with Gasteiger partial charge in [0.2, 0.25) is 0 Å². The predicted molar refractivity (Wildman–Crippen MR) is 180 cm³/mol. The number of phosphoric acid groups is 4. The van der Waals surface area contributed by atoms with Crippen LogP contribution in [-0.4, -0.2) is 70.3 Å². The molecule has 2 aromatic heterocycles. The quantitative estimate of drug-likeness (QED) is 0.0973. The van der Waals surface area contributed by atoms with Gasteiger partial charge in [0.25, 0.3) is 0 Å². The number of aromatic nitrogens is 4. The molecule has 25 heteroatoms. The number of nitrogen functional groups attached to an aromatic ring is 1. The molecule has 282 valence electrons. The van der Waals surface area contributed by atoms with E-state index in [1.807, 2.05) is 30.3 Å². The number of benzene rings is 3. The molecule has 21 nitrogen and oxygen atoms in total. The molecule has 0 saturated carbocycles. The molecule has 0 aliphatic carbocycles. The number of fused-ring (bicyclic) bond motifs is 3. The minimum Gasteiger partial charge on any atom is -0.404 e. The van der Waals surface area contributed by atoms with E-state index >= 15 is 0 Å². The van der Waals surface area contributed by atoms with Crippen LogP contribution in [0.1, 0.15) is 11.8 Å². The van der Waals surface area contributed by atoms with Crippen LogP contribution in [0.15, 0.2) is 85.5 Å². The smallest absolute Gasteiger partial charge is 0.404 e. The second-order valence-electron chi connectivity index (χ2n) is 11.5. The van der Waals surface area contributed by atoms with Crippen molar-refractivity contribution in [2.24, 2.45) is 0 Å². The van der Waals surface area contributed by atoms with Crippen molar-refractivity contribution in [2.45, 2.75) is 37.3 Å². The number of hydrogen-bond acceptors (Lipinski definition) is 16. The fourth-order valence-electron chi connectivity index (χ4n) is 5.70. The molecule has 9 unspecified atom stereocenters. The van der Waals surface area contributed by atoms with Crippen LogP contribution >= 0.6 is 31.3 Å². The average Bonchev–Trinajstić information content (AvgIpc) is 3.77. The molecule has 2 aliphatic heterocycles. The van der Waals surface area contributed by atoms with Crippen LogP contribution in [0.25, 0.3) is 21.9 Å². The van der Waals surface area contributed by atoms with Gasteiger partial charge in [0.05, 0.1) is 12.9 Å². The van der Waals surface area contributed by atoms with E-state index in [2.05, 4.69) is 27.9 Å². The number of ether oxygens (including phenoxy) is 3. The molecule has 4 heterocycles. The Labute approximate surface area is 298 Å². The highest BCUT2D eigenvalue weighted by Crippen LogP contribution is 2.71. The summed E-state index contributed by atoms with van der Waals surface area (Å²) >= 11 is 0. The third-order valence-corrected chi connectivity index (χ3v) is 13.6. The summed E-state index contributed by atoms with van der Waals surface area (Å²) < 4.78 is 92.1. The van der Waals surface area contributed by atoms with Crippen molar-refractivity contribution >= 4 is 59.0 Å². The van der Waals surface area contributed by atoms with Gasteiger partial charge in [-0.3, -0.25) is 14.0 Å². The highest BCUT2D eigenvalue weighted by molar-refractivity contribution is 7.69. The Morgan fingerprint density at radius 1 is 0.736 bits per heavy atom. The Morgan fingerprint density at radius 3 is 2.15 bits per heavy atom. The SMILES string of the molecule is Nc1ncnc2c1ncn2C1OC(COP(=O)(O)OP(=O)(O)OP(=O)(O)OP(=O)(O)Oc2ccc3ccccc3c2)C2OC(Cc3ccccc3)OC21. The van der Waals surface area contributed by atoms with E-state index in [0.29, 0.717) is 11.8 Å². The number of nitrogens with zero attached hydrogens (tertiary/aromatic N) is 4.